The molecule has 0 saturated heterocycles. The lowest BCUT2D eigenvalue weighted by atomic mass is 9.73. The fourth-order valence-corrected chi connectivity index (χ4v) is 2.83. The van der Waals surface area contributed by atoms with E-state index in [0.29, 0.717) is 0 Å². The molecule has 0 radical (unpaired) electrons. The SMILES string of the molecule is COc1cc(C2(N)CCC2)cc(SC)c1OC. The molecule has 1 aliphatic rings. The number of nitrogens with two attached hydrogens (primary N) is 1. The van der Waals surface area contributed by atoms with E-state index in [1.165, 1.54) is 6.42 Å². The minimum atomic E-state index is -0.163. The molecule has 0 bridgehead atoms. The van der Waals surface area contributed by atoms with Gasteiger partial charge < -0.3 is 15.2 Å². The standard InChI is InChI=1S/C13H19NO2S/c1-15-10-7-9(13(14)5-4-6-13)8-11(17-3)12(10)16-2/h7-8H,4-6,14H2,1-3H3. The molecule has 0 amide bonds. The summed E-state index contributed by atoms with van der Waals surface area (Å²) >= 11 is 1.65. The summed E-state index contributed by atoms with van der Waals surface area (Å²) in [5, 5.41) is 0. The third-order valence-corrected chi connectivity index (χ3v) is 4.23. The van der Waals surface area contributed by atoms with E-state index in [-0.39, 0.29) is 5.54 Å². The number of methoxy groups -OCH3 is 2. The van der Waals surface area contributed by atoms with Gasteiger partial charge in [0.1, 0.15) is 0 Å². The Morgan fingerprint density at radius 3 is 2.35 bits per heavy atom. The van der Waals surface area contributed by atoms with E-state index in [0.717, 1.165) is 34.8 Å². The first-order valence-electron chi connectivity index (χ1n) is 5.74. The number of thioether (sulfide) groups is 1. The second-order valence-corrected chi connectivity index (χ2v) is 5.27. The first-order chi connectivity index (χ1) is 8.14. The van der Waals surface area contributed by atoms with Crippen LogP contribution in [-0.2, 0) is 5.54 Å². The Hall–Kier alpha value is -0.870. The van der Waals surface area contributed by atoms with E-state index in [2.05, 4.69) is 6.07 Å². The van der Waals surface area contributed by atoms with Gasteiger partial charge in [0.05, 0.1) is 19.1 Å². The molecule has 0 aliphatic heterocycles. The molecule has 0 aromatic heterocycles. The highest BCUT2D eigenvalue weighted by atomic mass is 32.2. The van der Waals surface area contributed by atoms with Crippen molar-refractivity contribution in [1.82, 2.24) is 0 Å². The fraction of sp³-hybridized carbons (Fsp3) is 0.538. The zero-order chi connectivity index (χ0) is 12.5. The number of benzene rings is 1. The molecule has 4 heteroatoms. The molecule has 3 nitrogen and oxygen atoms in total. The molecule has 94 valence electrons. The first kappa shape index (κ1) is 12.6. The molecule has 1 saturated carbocycles. The van der Waals surface area contributed by atoms with Crippen LogP contribution in [0.3, 0.4) is 0 Å². The van der Waals surface area contributed by atoms with Gasteiger partial charge in [0.2, 0.25) is 0 Å². The van der Waals surface area contributed by atoms with Gasteiger partial charge in [-0.15, -0.1) is 11.8 Å². The molecule has 1 aromatic carbocycles. The summed E-state index contributed by atoms with van der Waals surface area (Å²) < 4.78 is 10.8. The Labute approximate surface area is 107 Å². The predicted octanol–water partition coefficient (Wildman–Crippen LogP) is 2.76. The lowest BCUT2D eigenvalue weighted by molar-refractivity contribution is 0.251. The average molecular weight is 253 g/mol. The van der Waals surface area contributed by atoms with Gasteiger partial charge in [0.25, 0.3) is 0 Å². The zero-order valence-corrected chi connectivity index (χ0v) is 11.4. The molecule has 1 aliphatic carbocycles. The van der Waals surface area contributed by atoms with Crippen LogP contribution in [0.5, 0.6) is 11.5 Å². The molecule has 1 aromatic rings. The highest BCUT2D eigenvalue weighted by Gasteiger charge is 2.35. The molecule has 1 fully saturated rings. The van der Waals surface area contributed by atoms with Gasteiger partial charge in [0, 0.05) is 5.54 Å². The third-order valence-electron chi connectivity index (χ3n) is 3.49. The monoisotopic (exact) mass is 253 g/mol. The molecule has 17 heavy (non-hydrogen) atoms. The van der Waals surface area contributed by atoms with E-state index in [4.69, 9.17) is 15.2 Å². The summed E-state index contributed by atoms with van der Waals surface area (Å²) in [6.45, 7) is 0. The number of hydrogen-bond donors (Lipinski definition) is 1. The van der Waals surface area contributed by atoms with Crippen molar-refractivity contribution < 1.29 is 9.47 Å². The van der Waals surface area contributed by atoms with Crippen LogP contribution in [0, 0.1) is 0 Å². The van der Waals surface area contributed by atoms with Crippen LogP contribution in [0.15, 0.2) is 17.0 Å². The van der Waals surface area contributed by atoms with Gasteiger partial charge in [-0.2, -0.15) is 0 Å². The maximum atomic E-state index is 6.36. The molecule has 2 N–H and O–H groups in total. The Morgan fingerprint density at radius 1 is 1.24 bits per heavy atom. The minimum Gasteiger partial charge on any atom is -0.493 e. The lowest BCUT2D eigenvalue weighted by Crippen LogP contribution is -2.43. The van der Waals surface area contributed by atoms with Crippen LogP contribution in [-0.4, -0.2) is 20.5 Å². The van der Waals surface area contributed by atoms with Crippen LogP contribution < -0.4 is 15.2 Å². The van der Waals surface area contributed by atoms with Gasteiger partial charge in [-0.05, 0) is 43.2 Å². The zero-order valence-electron chi connectivity index (χ0n) is 10.6. The molecular formula is C13H19NO2S. The molecule has 0 heterocycles. The second kappa shape index (κ2) is 4.78. The number of rotatable bonds is 4. The maximum absolute atomic E-state index is 6.36. The normalized spacial score (nSPS) is 17.4. The van der Waals surface area contributed by atoms with Crippen molar-refractivity contribution in [2.45, 2.75) is 29.7 Å². The van der Waals surface area contributed by atoms with E-state index >= 15 is 0 Å². The Balaban J connectivity index is 2.48. The Morgan fingerprint density at radius 2 is 1.94 bits per heavy atom. The summed E-state index contributed by atoms with van der Waals surface area (Å²) in [5.41, 5.74) is 7.35. The van der Waals surface area contributed by atoms with Crippen molar-refractivity contribution in [2.24, 2.45) is 5.73 Å². The highest BCUT2D eigenvalue weighted by Crippen LogP contribution is 2.45. The topological polar surface area (TPSA) is 44.5 Å². The van der Waals surface area contributed by atoms with E-state index in [1.807, 2.05) is 12.3 Å². The van der Waals surface area contributed by atoms with Crippen LogP contribution in [0.25, 0.3) is 0 Å². The smallest absolute Gasteiger partial charge is 0.174 e. The summed E-state index contributed by atoms with van der Waals surface area (Å²) in [5.74, 6) is 1.57. The Kier molecular flexibility index (Phi) is 3.54. The summed E-state index contributed by atoms with van der Waals surface area (Å²) in [7, 11) is 3.33. The van der Waals surface area contributed by atoms with Crippen LogP contribution >= 0.6 is 11.8 Å². The number of ether oxygens (including phenoxy) is 2. The van der Waals surface area contributed by atoms with E-state index in [9.17, 15) is 0 Å². The van der Waals surface area contributed by atoms with Gasteiger partial charge in [-0.25, -0.2) is 0 Å². The quantitative estimate of drug-likeness (QED) is 0.838. The molecule has 0 spiro atoms. The van der Waals surface area contributed by atoms with Gasteiger partial charge >= 0.3 is 0 Å². The van der Waals surface area contributed by atoms with Crippen LogP contribution in [0.1, 0.15) is 24.8 Å². The second-order valence-electron chi connectivity index (χ2n) is 4.42. The summed E-state index contributed by atoms with van der Waals surface area (Å²) in [6.07, 6.45) is 5.34. The molecule has 0 atom stereocenters. The minimum absolute atomic E-state index is 0.163. The molecule has 0 unspecified atom stereocenters. The van der Waals surface area contributed by atoms with Crippen LogP contribution in [0.2, 0.25) is 0 Å². The third kappa shape index (κ3) is 2.11. The first-order valence-corrected chi connectivity index (χ1v) is 6.96. The largest absolute Gasteiger partial charge is 0.493 e. The van der Waals surface area contributed by atoms with Gasteiger partial charge in [0.15, 0.2) is 11.5 Å². The van der Waals surface area contributed by atoms with Crippen LogP contribution in [0.4, 0.5) is 0 Å². The highest BCUT2D eigenvalue weighted by molar-refractivity contribution is 7.98. The van der Waals surface area contributed by atoms with Crippen molar-refractivity contribution >= 4 is 11.8 Å². The van der Waals surface area contributed by atoms with Gasteiger partial charge in [-0.3, -0.25) is 0 Å². The van der Waals surface area contributed by atoms with Crippen molar-refractivity contribution in [3.8, 4) is 11.5 Å². The van der Waals surface area contributed by atoms with Crippen molar-refractivity contribution in [2.75, 3.05) is 20.5 Å². The Bertz CT molecular complexity index is 391. The predicted molar refractivity (Wildman–Crippen MR) is 71.0 cm³/mol. The molecular weight excluding hydrogens is 234 g/mol. The number of hydrogen-bond acceptors (Lipinski definition) is 4. The van der Waals surface area contributed by atoms with Crippen molar-refractivity contribution in [3.63, 3.8) is 0 Å². The average Bonchev–Trinajstić information content (AvgIpc) is 2.33. The lowest BCUT2D eigenvalue weighted by Gasteiger charge is -2.39. The maximum Gasteiger partial charge on any atom is 0.174 e. The van der Waals surface area contributed by atoms with E-state index < -0.39 is 0 Å². The van der Waals surface area contributed by atoms with Crippen molar-refractivity contribution in [3.05, 3.63) is 17.7 Å². The summed E-state index contributed by atoms with van der Waals surface area (Å²) in [6, 6.07) is 4.14. The summed E-state index contributed by atoms with van der Waals surface area (Å²) in [4.78, 5) is 1.08. The molecule has 2 rings (SSSR count). The van der Waals surface area contributed by atoms with E-state index in [1.54, 1.807) is 26.0 Å². The fourth-order valence-electron chi connectivity index (χ4n) is 2.21. The van der Waals surface area contributed by atoms with Crippen molar-refractivity contribution in [1.29, 1.82) is 0 Å². The van der Waals surface area contributed by atoms with Gasteiger partial charge in [-0.1, -0.05) is 0 Å².